The highest BCUT2D eigenvalue weighted by molar-refractivity contribution is 7.58. The number of methoxy groups -OCH3 is 1. The Hall–Kier alpha value is 0.110. The van der Waals surface area contributed by atoms with E-state index in [1.165, 1.54) is 7.11 Å². The molecular weight excluding hydrogens is 325 g/mol. The van der Waals surface area contributed by atoms with Crippen LogP contribution in [0.25, 0.3) is 0 Å². The summed E-state index contributed by atoms with van der Waals surface area (Å²) in [6.45, 7) is -0.313. The molecule has 2 fully saturated rings. The SMILES string of the molecule is [B][C@@H]1O[C@H](CO)C[C@@H]1OP(=C)(O)OC[C@H]1O[C@@H]([B])[C@@H](O)C1OC. The predicted molar refractivity (Wildman–Crippen MR) is 84.4 cm³/mol. The van der Waals surface area contributed by atoms with Crippen LogP contribution >= 0.6 is 7.57 Å². The topological polar surface area (TPSA) is 107 Å². The predicted octanol–water partition coefficient (Wildman–Crippen LogP) is -1.88. The zero-order chi connectivity index (χ0) is 17.2. The zero-order valence-electron chi connectivity index (χ0n) is 12.9. The average molecular weight is 346 g/mol. The van der Waals surface area contributed by atoms with Crippen LogP contribution in [0.5, 0.6) is 0 Å². The third kappa shape index (κ3) is 4.81. The Morgan fingerprint density at radius 3 is 2.57 bits per heavy atom. The minimum absolute atomic E-state index is 0.122. The molecule has 0 aromatic rings. The average Bonchev–Trinajstić information content (AvgIpc) is 2.97. The fourth-order valence-corrected chi connectivity index (χ4v) is 3.67. The lowest BCUT2D eigenvalue weighted by Gasteiger charge is -2.26. The Morgan fingerprint density at radius 1 is 1.30 bits per heavy atom. The molecule has 11 heteroatoms. The second kappa shape index (κ2) is 7.99. The number of aliphatic hydroxyl groups excluding tert-OH is 2. The molecule has 8 atom stereocenters. The lowest BCUT2D eigenvalue weighted by molar-refractivity contribution is -0.0316. The maximum absolute atomic E-state index is 10.2. The van der Waals surface area contributed by atoms with E-state index in [9.17, 15) is 10.00 Å². The molecule has 0 bridgehead atoms. The summed E-state index contributed by atoms with van der Waals surface area (Å²) < 4.78 is 26.4. The van der Waals surface area contributed by atoms with Crippen LogP contribution in [-0.4, -0.2) is 99.9 Å². The van der Waals surface area contributed by atoms with E-state index >= 15 is 0 Å². The first kappa shape index (κ1) is 19.4. The van der Waals surface area contributed by atoms with Crippen molar-refractivity contribution in [2.45, 2.75) is 48.9 Å². The van der Waals surface area contributed by atoms with Gasteiger partial charge in [0, 0.05) is 25.5 Å². The molecule has 0 aliphatic carbocycles. The van der Waals surface area contributed by atoms with Gasteiger partial charge in [-0.2, -0.15) is 0 Å². The summed E-state index contributed by atoms with van der Waals surface area (Å²) in [5, 5.41) is 18.8. The van der Waals surface area contributed by atoms with Gasteiger partial charge in [-0.25, -0.2) is 0 Å². The molecular formula is C12H21B2O8P. The van der Waals surface area contributed by atoms with Gasteiger partial charge in [0.15, 0.2) is 0 Å². The van der Waals surface area contributed by atoms with Crippen LogP contribution in [0.1, 0.15) is 6.42 Å². The summed E-state index contributed by atoms with van der Waals surface area (Å²) in [6, 6.07) is -1.68. The van der Waals surface area contributed by atoms with Gasteiger partial charge in [0.05, 0.1) is 25.4 Å². The summed E-state index contributed by atoms with van der Waals surface area (Å²) in [4.78, 5) is 10.2. The summed E-state index contributed by atoms with van der Waals surface area (Å²) >= 11 is 0. The van der Waals surface area contributed by atoms with Crippen molar-refractivity contribution in [3.05, 3.63) is 0 Å². The summed E-state index contributed by atoms with van der Waals surface area (Å²) in [5.74, 6) is 0. The Kier molecular flexibility index (Phi) is 6.75. The molecule has 128 valence electrons. The molecule has 8 nitrogen and oxygen atoms in total. The molecule has 2 heterocycles. The second-order valence-electron chi connectivity index (χ2n) is 5.55. The molecule has 0 amide bonds. The van der Waals surface area contributed by atoms with Crippen molar-refractivity contribution in [2.75, 3.05) is 20.3 Å². The Bertz CT molecular complexity index is 441. The minimum Gasteiger partial charge on any atom is -0.394 e. The van der Waals surface area contributed by atoms with E-state index in [-0.39, 0.29) is 13.2 Å². The van der Waals surface area contributed by atoms with Crippen molar-refractivity contribution in [3.8, 4) is 0 Å². The Labute approximate surface area is 138 Å². The van der Waals surface area contributed by atoms with E-state index < -0.39 is 50.1 Å². The van der Waals surface area contributed by atoms with Gasteiger partial charge >= 0.3 is 0 Å². The summed E-state index contributed by atoms with van der Waals surface area (Å²) in [6.07, 6.45) is 0.425. The van der Waals surface area contributed by atoms with Crippen LogP contribution in [0.3, 0.4) is 0 Å². The van der Waals surface area contributed by atoms with E-state index in [2.05, 4.69) is 6.30 Å². The molecule has 0 saturated carbocycles. The van der Waals surface area contributed by atoms with E-state index in [1.807, 2.05) is 0 Å². The van der Waals surface area contributed by atoms with Crippen LogP contribution in [-0.2, 0) is 23.3 Å². The van der Waals surface area contributed by atoms with Crippen molar-refractivity contribution in [2.24, 2.45) is 0 Å². The first-order valence-electron chi connectivity index (χ1n) is 7.20. The normalized spacial score (nSPS) is 43.6. The molecule has 2 saturated heterocycles. The molecule has 3 N–H and O–H groups in total. The smallest absolute Gasteiger partial charge is 0.248 e. The maximum Gasteiger partial charge on any atom is 0.248 e. The third-order valence-corrected chi connectivity index (χ3v) is 4.95. The van der Waals surface area contributed by atoms with Crippen molar-refractivity contribution in [3.63, 3.8) is 0 Å². The molecule has 2 unspecified atom stereocenters. The fourth-order valence-electron chi connectivity index (χ4n) is 2.60. The Morgan fingerprint density at radius 2 is 2.00 bits per heavy atom. The molecule has 0 aromatic carbocycles. The maximum atomic E-state index is 10.2. The van der Waals surface area contributed by atoms with Gasteiger partial charge in [0.25, 0.3) is 0 Å². The lowest BCUT2D eigenvalue weighted by Crippen LogP contribution is -2.36. The van der Waals surface area contributed by atoms with Crippen LogP contribution in [0.4, 0.5) is 0 Å². The number of aliphatic hydroxyl groups is 2. The Balaban J connectivity index is 1.86. The van der Waals surface area contributed by atoms with Crippen LogP contribution in [0, 0.1) is 0 Å². The number of hydrogen-bond donors (Lipinski definition) is 3. The third-order valence-electron chi connectivity index (χ3n) is 3.80. The van der Waals surface area contributed by atoms with Gasteiger partial charge < -0.3 is 38.4 Å². The fraction of sp³-hybridized carbons (Fsp3) is 0.917. The number of rotatable bonds is 7. The van der Waals surface area contributed by atoms with Gasteiger partial charge in [-0.15, -0.1) is 0 Å². The van der Waals surface area contributed by atoms with Gasteiger partial charge in [-0.1, -0.05) is 0 Å². The second-order valence-corrected chi connectivity index (χ2v) is 7.29. The van der Waals surface area contributed by atoms with Gasteiger partial charge in [-0.3, -0.25) is 0 Å². The molecule has 2 rings (SSSR count). The van der Waals surface area contributed by atoms with E-state index in [0.717, 1.165) is 0 Å². The highest BCUT2D eigenvalue weighted by Gasteiger charge is 2.42. The van der Waals surface area contributed by atoms with Crippen LogP contribution in [0.2, 0.25) is 0 Å². The number of hydrogen-bond acceptors (Lipinski definition) is 8. The largest absolute Gasteiger partial charge is 0.394 e. The van der Waals surface area contributed by atoms with Gasteiger partial charge in [-0.05, 0) is 6.30 Å². The molecule has 2 aliphatic heterocycles. The highest BCUT2D eigenvalue weighted by atomic mass is 31.2. The molecule has 4 radical (unpaired) electrons. The standard InChI is InChI=1S/C12H21B2O8P/c1-18-10-8(21-12(14)9(10)16)5-19-23(2,17)22-7-3-6(4-15)20-11(7)13/h6-12,15-17H,2-5H2,1H3/t6-,7-,8+,9-,10?,11+,12+,23?/m0/s1. The van der Waals surface area contributed by atoms with E-state index in [1.54, 1.807) is 0 Å². The van der Waals surface area contributed by atoms with Crippen molar-refractivity contribution < 1.29 is 38.4 Å². The number of ether oxygens (including phenoxy) is 3. The quantitative estimate of drug-likeness (QED) is 0.363. The van der Waals surface area contributed by atoms with Crippen molar-refractivity contribution >= 4 is 29.6 Å². The molecule has 2 aliphatic rings. The van der Waals surface area contributed by atoms with E-state index in [4.69, 9.17) is 44.1 Å². The van der Waals surface area contributed by atoms with Crippen molar-refractivity contribution in [1.29, 1.82) is 0 Å². The van der Waals surface area contributed by atoms with Crippen LogP contribution < -0.4 is 0 Å². The zero-order valence-corrected chi connectivity index (χ0v) is 13.7. The molecule has 0 aromatic heterocycles. The minimum atomic E-state index is -3.44. The lowest BCUT2D eigenvalue weighted by atomic mass is 9.93. The van der Waals surface area contributed by atoms with Crippen LogP contribution in [0.15, 0.2) is 0 Å². The first-order chi connectivity index (χ1) is 10.8. The molecule has 23 heavy (non-hydrogen) atoms. The van der Waals surface area contributed by atoms with Gasteiger partial charge in [0.1, 0.15) is 34.0 Å². The van der Waals surface area contributed by atoms with Gasteiger partial charge in [0.2, 0.25) is 7.57 Å². The van der Waals surface area contributed by atoms with E-state index in [0.29, 0.717) is 6.42 Å². The first-order valence-corrected chi connectivity index (χ1v) is 8.96. The molecule has 0 spiro atoms. The monoisotopic (exact) mass is 346 g/mol. The highest BCUT2D eigenvalue weighted by Crippen LogP contribution is 2.47. The summed E-state index contributed by atoms with van der Waals surface area (Å²) in [5.41, 5.74) is 0. The van der Waals surface area contributed by atoms with Crippen molar-refractivity contribution in [1.82, 2.24) is 0 Å². The summed E-state index contributed by atoms with van der Waals surface area (Å²) in [7, 11) is 9.28.